The Morgan fingerprint density at radius 1 is 1.41 bits per heavy atom. The van der Waals surface area contributed by atoms with E-state index in [9.17, 15) is 4.79 Å². The van der Waals surface area contributed by atoms with Crippen LogP contribution in [0.3, 0.4) is 0 Å². The lowest BCUT2D eigenvalue weighted by atomic mass is 9.82. The highest BCUT2D eigenvalue weighted by Crippen LogP contribution is 2.39. The minimum atomic E-state index is -0.00677. The van der Waals surface area contributed by atoms with Crippen LogP contribution in [-0.2, 0) is 0 Å². The van der Waals surface area contributed by atoms with Crippen LogP contribution in [0.5, 0.6) is 0 Å². The number of hydrogen-bond donors (Lipinski definition) is 0. The molecule has 1 fully saturated rings. The molecule has 17 heavy (non-hydrogen) atoms. The average Bonchev–Trinajstić information content (AvgIpc) is 2.96. The zero-order chi connectivity index (χ0) is 12.5. The Morgan fingerprint density at radius 3 is 2.59 bits per heavy atom. The largest absolute Gasteiger partial charge is 0.437 e. The third-order valence-corrected chi connectivity index (χ3v) is 4.19. The second-order valence-corrected chi connectivity index (χ2v) is 5.07. The van der Waals surface area contributed by atoms with Gasteiger partial charge in [-0.2, -0.15) is 0 Å². The maximum absolute atomic E-state index is 11.2. The van der Waals surface area contributed by atoms with Crippen molar-refractivity contribution in [2.45, 2.75) is 40.0 Å². The summed E-state index contributed by atoms with van der Waals surface area (Å²) in [7, 11) is 0. The topological polar surface area (TPSA) is 33.5 Å². The van der Waals surface area contributed by atoms with E-state index in [0.717, 1.165) is 19.0 Å². The number of carbonyl (C=O) groups excluding carboxylic acids is 1. The number of Topliss-reactive ketones (excluding diaryl/α,β-unsaturated/α-hetero) is 1. The third-order valence-electron chi connectivity index (χ3n) is 4.19. The van der Waals surface area contributed by atoms with Gasteiger partial charge in [-0.25, -0.2) is 0 Å². The van der Waals surface area contributed by atoms with Crippen LogP contribution in [-0.4, -0.2) is 18.9 Å². The summed E-state index contributed by atoms with van der Waals surface area (Å²) in [6.45, 7) is 8.14. The van der Waals surface area contributed by atoms with Crippen molar-refractivity contribution in [3.05, 3.63) is 17.9 Å². The van der Waals surface area contributed by atoms with Crippen molar-refractivity contribution in [1.82, 2.24) is 0 Å². The van der Waals surface area contributed by atoms with Crippen LogP contribution >= 0.6 is 0 Å². The van der Waals surface area contributed by atoms with Gasteiger partial charge in [0.05, 0.1) is 0 Å². The molecule has 0 unspecified atom stereocenters. The molecule has 0 atom stereocenters. The molecule has 1 aromatic rings. The molecule has 1 saturated heterocycles. The molecule has 1 aliphatic rings. The molecule has 0 aliphatic carbocycles. The number of furan rings is 1. The summed E-state index contributed by atoms with van der Waals surface area (Å²) in [5.41, 5.74) is 0.434. The van der Waals surface area contributed by atoms with Crippen LogP contribution in [0, 0.1) is 5.41 Å². The van der Waals surface area contributed by atoms with Gasteiger partial charge in [-0.05, 0) is 30.7 Å². The van der Waals surface area contributed by atoms with Gasteiger partial charge in [-0.1, -0.05) is 13.8 Å². The first-order valence-corrected chi connectivity index (χ1v) is 6.46. The monoisotopic (exact) mass is 235 g/mol. The highest BCUT2D eigenvalue weighted by Gasteiger charge is 2.36. The molecule has 0 radical (unpaired) electrons. The molecule has 0 amide bonds. The van der Waals surface area contributed by atoms with Gasteiger partial charge in [0.2, 0.25) is 0 Å². The molecule has 0 N–H and O–H groups in total. The highest BCUT2D eigenvalue weighted by atomic mass is 16.4. The Balaban J connectivity index is 2.12. The number of carbonyl (C=O) groups is 1. The Morgan fingerprint density at radius 2 is 2.12 bits per heavy atom. The van der Waals surface area contributed by atoms with Crippen LogP contribution in [0.25, 0.3) is 0 Å². The number of ketones is 1. The first-order chi connectivity index (χ1) is 8.10. The molecule has 0 aromatic carbocycles. The molecular weight excluding hydrogens is 214 g/mol. The van der Waals surface area contributed by atoms with Gasteiger partial charge in [0.1, 0.15) is 0 Å². The minimum Gasteiger partial charge on any atom is -0.437 e. The number of hydrogen-bond acceptors (Lipinski definition) is 3. The number of anilines is 1. The second kappa shape index (κ2) is 4.55. The zero-order valence-corrected chi connectivity index (χ0v) is 11.0. The first kappa shape index (κ1) is 12.2. The molecule has 3 nitrogen and oxygen atoms in total. The maximum atomic E-state index is 11.2. The van der Waals surface area contributed by atoms with Crippen molar-refractivity contribution < 1.29 is 9.21 Å². The normalized spacial score (nSPS) is 18.6. The van der Waals surface area contributed by atoms with Crippen molar-refractivity contribution in [3.8, 4) is 0 Å². The SMILES string of the molecule is CCC1(CC)CCN(c2ccc(C(C)=O)o2)C1. The summed E-state index contributed by atoms with van der Waals surface area (Å²) >= 11 is 0. The molecule has 3 heteroatoms. The van der Waals surface area contributed by atoms with E-state index < -0.39 is 0 Å². The summed E-state index contributed by atoms with van der Waals surface area (Å²) in [4.78, 5) is 13.5. The van der Waals surface area contributed by atoms with E-state index in [1.807, 2.05) is 6.07 Å². The van der Waals surface area contributed by atoms with E-state index in [1.165, 1.54) is 26.2 Å². The van der Waals surface area contributed by atoms with E-state index >= 15 is 0 Å². The van der Waals surface area contributed by atoms with E-state index in [2.05, 4.69) is 18.7 Å². The smallest absolute Gasteiger partial charge is 0.196 e. The quantitative estimate of drug-likeness (QED) is 0.749. The fourth-order valence-electron chi connectivity index (χ4n) is 2.64. The Kier molecular flexibility index (Phi) is 3.27. The maximum Gasteiger partial charge on any atom is 0.196 e. The van der Waals surface area contributed by atoms with Crippen molar-refractivity contribution in [2.24, 2.45) is 5.41 Å². The molecule has 2 heterocycles. The lowest BCUT2D eigenvalue weighted by Gasteiger charge is -2.26. The van der Waals surface area contributed by atoms with Gasteiger partial charge in [0, 0.05) is 26.1 Å². The van der Waals surface area contributed by atoms with Crippen molar-refractivity contribution in [3.63, 3.8) is 0 Å². The van der Waals surface area contributed by atoms with E-state index in [1.54, 1.807) is 6.07 Å². The predicted octanol–water partition coefficient (Wildman–Crippen LogP) is 3.50. The molecular formula is C14H21NO2. The Labute approximate surface area is 103 Å². The molecule has 0 spiro atoms. The lowest BCUT2D eigenvalue weighted by molar-refractivity contribution is 0.0988. The van der Waals surface area contributed by atoms with Gasteiger partial charge in [0.15, 0.2) is 17.4 Å². The second-order valence-electron chi connectivity index (χ2n) is 5.07. The molecule has 2 rings (SSSR count). The standard InChI is InChI=1S/C14H21NO2/c1-4-14(5-2)8-9-15(10-14)13-7-6-12(17-13)11(3)16/h6-7H,4-5,8-10H2,1-3H3. The van der Waals surface area contributed by atoms with Crippen molar-refractivity contribution in [2.75, 3.05) is 18.0 Å². The number of rotatable bonds is 4. The summed E-state index contributed by atoms with van der Waals surface area (Å²) in [6.07, 6.45) is 3.64. The first-order valence-electron chi connectivity index (χ1n) is 6.46. The third kappa shape index (κ3) is 2.24. The number of nitrogens with zero attached hydrogens (tertiary/aromatic N) is 1. The summed E-state index contributed by atoms with van der Waals surface area (Å²) in [5, 5.41) is 0. The molecule has 94 valence electrons. The van der Waals surface area contributed by atoms with Crippen LogP contribution in [0.1, 0.15) is 50.6 Å². The van der Waals surface area contributed by atoms with Gasteiger partial charge in [-0.15, -0.1) is 0 Å². The lowest BCUT2D eigenvalue weighted by Crippen LogP contribution is -2.25. The van der Waals surface area contributed by atoms with Gasteiger partial charge < -0.3 is 9.32 Å². The van der Waals surface area contributed by atoms with Crippen LogP contribution in [0.2, 0.25) is 0 Å². The summed E-state index contributed by atoms with van der Waals surface area (Å²) in [6, 6.07) is 3.69. The molecule has 0 bridgehead atoms. The fraction of sp³-hybridized carbons (Fsp3) is 0.643. The molecule has 1 aliphatic heterocycles. The minimum absolute atomic E-state index is 0.00677. The summed E-state index contributed by atoms with van der Waals surface area (Å²) < 4.78 is 5.59. The zero-order valence-electron chi connectivity index (χ0n) is 11.0. The average molecular weight is 235 g/mol. The van der Waals surface area contributed by atoms with Crippen LogP contribution < -0.4 is 4.90 Å². The van der Waals surface area contributed by atoms with Gasteiger partial charge in [-0.3, -0.25) is 4.79 Å². The van der Waals surface area contributed by atoms with Crippen LogP contribution in [0.4, 0.5) is 5.88 Å². The van der Waals surface area contributed by atoms with Crippen LogP contribution in [0.15, 0.2) is 16.5 Å². The molecule has 0 saturated carbocycles. The Hall–Kier alpha value is -1.25. The predicted molar refractivity (Wildman–Crippen MR) is 68.6 cm³/mol. The van der Waals surface area contributed by atoms with Gasteiger partial charge in [0.25, 0.3) is 0 Å². The fourth-order valence-corrected chi connectivity index (χ4v) is 2.64. The molecule has 1 aromatic heterocycles. The summed E-state index contributed by atoms with van der Waals surface area (Å²) in [5.74, 6) is 1.30. The van der Waals surface area contributed by atoms with E-state index in [0.29, 0.717) is 11.2 Å². The highest BCUT2D eigenvalue weighted by molar-refractivity contribution is 5.91. The Bertz CT molecular complexity index is 404. The van der Waals surface area contributed by atoms with E-state index in [4.69, 9.17) is 4.42 Å². The van der Waals surface area contributed by atoms with Crippen molar-refractivity contribution >= 4 is 11.7 Å². The van der Waals surface area contributed by atoms with E-state index in [-0.39, 0.29) is 5.78 Å². The van der Waals surface area contributed by atoms with Crippen molar-refractivity contribution in [1.29, 1.82) is 0 Å². The van der Waals surface area contributed by atoms with Gasteiger partial charge >= 0.3 is 0 Å².